The molecule has 0 unspecified atom stereocenters. The highest BCUT2D eigenvalue weighted by atomic mass is 16.5. The molecule has 0 spiro atoms. The Morgan fingerprint density at radius 1 is 0.913 bits per heavy atom. The third kappa shape index (κ3) is 2.80. The molecule has 0 amide bonds. The molecule has 3 aromatic rings. The van der Waals surface area contributed by atoms with Gasteiger partial charge in [0.25, 0.3) is 0 Å². The average Bonchev–Trinajstić information content (AvgIpc) is 2.62. The maximum Gasteiger partial charge on any atom is 0.169 e. The Hall–Kier alpha value is -2.74. The molecule has 23 heavy (non-hydrogen) atoms. The van der Waals surface area contributed by atoms with E-state index in [0.717, 1.165) is 27.8 Å². The van der Waals surface area contributed by atoms with Gasteiger partial charge in [-0.1, -0.05) is 67.6 Å². The van der Waals surface area contributed by atoms with Crippen LogP contribution in [0.2, 0.25) is 0 Å². The maximum atomic E-state index is 10.5. The van der Waals surface area contributed by atoms with Crippen LogP contribution in [0.3, 0.4) is 0 Å². The number of phenolic OH excluding ortho intramolecular Hbond substituents is 1. The zero-order valence-corrected chi connectivity index (χ0v) is 13.3. The van der Waals surface area contributed by atoms with Gasteiger partial charge in [-0.15, -0.1) is 0 Å². The van der Waals surface area contributed by atoms with Gasteiger partial charge in [0, 0.05) is 16.7 Å². The number of ether oxygens (including phenoxy) is 1. The quantitative estimate of drug-likeness (QED) is 0.727. The average molecular weight is 303 g/mol. The Balaban J connectivity index is 2.37. The second-order valence-electron chi connectivity index (χ2n) is 5.32. The van der Waals surface area contributed by atoms with Crippen LogP contribution in [0.25, 0.3) is 22.3 Å². The van der Waals surface area contributed by atoms with Crippen LogP contribution in [0.4, 0.5) is 0 Å². The van der Waals surface area contributed by atoms with E-state index >= 15 is 0 Å². The van der Waals surface area contributed by atoms with Gasteiger partial charge in [-0.25, -0.2) is 0 Å². The summed E-state index contributed by atoms with van der Waals surface area (Å²) >= 11 is 0. The largest absolute Gasteiger partial charge is 0.504 e. The normalized spacial score (nSPS) is 10.5. The molecular weight excluding hydrogens is 284 g/mol. The van der Waals surface area contributed by atoms with Crippen molar-refractivity contribution in [2.45, 2.75) is 13.3 Å². The number of phenols is 1. The van der Waals surface area contributed by atoms with Crippen LogP contribution in [-0.4, -0.2) is 12.2 Å². The summed E-state index contributed by atoms with van der Waals surface area (Å²) in [7, 11) is 1.59. The van der Waals surface area contributed by atoms with Crippen LogP contribution in [0.5, 0.6) is 11.5 Å². The molecule has 0 bridgehead atoms. The van der Waals surface area contributed by atoms with Crippen molar-refractivity contribution >= 4 is 0 Å². The van der Waals surface area contributed by atoms with Gasteiger partial charge in [0.2, 0.25) is 0 Å². The minimum absolute atomic E-state index is 0.175. The zero-order chi connectivity index (χ0) is 16.2. The number of methoxy groups -OCH3 is 1. The molecule has 115 valence electrons. The SMILES string of the molecule is CCc1[c]c(-c2ccccc2)c(-c2ccccc2)c(OC)c1O. The molecule has 0 aliphatic carbocycles. The molecular formula is C21H19O2. The third-order valence-corrected chi connectivity index (χ3v) is 3.94. The van der Waals surface area contributed by atoms with Crippen LogP contribution >= 0.6 is 0 Å². The molecule has 0 aromatic heterocycles. The van der Waals surface area contributed by atoms with Crippen molar-refractivity contribution in [3.8, 4) is 33.8 Å². The van der Waals surface area contributed by atoms with Gasteiger partial charge in [0.15, 0.2) is 11.5 Å². The minimum Gasteiger partial charge on any atom is -0.504 e. The number of hydrogen-bond acceptors (Lipinski definition) is 2. The fourth-order valence-electron chi connectivity index (χ4n) is 2.80. The fraction of sp³-hybridized carbons (Fsp3) is 0.143. The van der Waals surface area contributed by atoms with Crippen molar-refractivity contribution in [3.63, 3.8) is 0 Å². The molecule has 3 rings (SSSR count). The van der Waals surface area contributed by atoms with Crippen LogP contribution in [-0.2, 0) is 6.42 Å². The predicted octanol–water partition coefficient (Wildman–Crippen LogP) is 5.10. The first-order valence-corrected chi connectivity index (χ1v) is 7.72. The maximum absolute atomic E-state index is 10.5. The van der Waals surface area contributed by atoms with Gasteiger partial charge in [-0.05, 0) is 23.6 Å². The van der Waals surface area contributed by atoms with Crippen molar-refractivity contribution in [3.05, 3.63) is 72.3 Å². The van der Waals surface area contributed by atoms with E-state index in [2.05, 4.69) is 6.07 Å². The highest BCUT2D eigenvalue weighted by Gasteiger charge is 2.20. The van der Waals surface area contributed by atoms with Gasteiger partial charge < -0.3 is 9.84 Å². The fourth-order valence-corrected chi connectivity index (χ4v) is 2.80. The number of benzene rings is 3. The zero-order valence-electron chi connectivity index (χ0n) is 13.3. The van der Waals surface area contributed by atoms with Crippen molar-refractivity contribution in [1.82, 2.24) is 0 Å². The molecule has 1 radical (unpaired) electrons. The highest BCUT2D eigenvalue weighted by molar-refractivity contribution is 5.90. The van der Waals surface area contributed by atoms with Crippen LogP contribution < -0.4 is 4.74 Å². The molecule has 3 aromatic carbocycles. The first-order valence-electron chi connectivity index (χ1n) is 7.72. The van der Waals surface area contributed by atoms with E-state index < -0.39 is 0 Å². The monoisotopic (exact) mass is 303 g/mol. The van der Waals surface area contributed by atoms with E-state index in [1.165, 1.54) is 0 Å². The molecule has 2 heteroatoms. The summed E-state index contributed by atoms with van der Waals surface area (Å²) in [5.41, 5.74) is 4.63. The van der Waals surface area contributed by atoms with Gasteiger partial charge in [-0.2, -0.15) is 0 Å². The summed E-state index contributed by atoms with van der Waals surface area (Å²) in [4.78, 5) is 0. The van der Waals surface area contributed by atoms with Gasteiger partial charge in [0.05, 0.1) is 7.11 Å². The molecule has 0 atom stereocenters. The predicted molar refractivity (Wildman–Crippen MR) is 93.7 cm³/mol. The van der Waals surface area contributed by atoms with E-state index in [1.807, 2.05) is 67.6 Å². The third-order valence-electron chi connectivity index (χ3n) is 3.94. The van der Waals surface area contributed by atoms with E-state index in [-0.39, 0.29) is 5.75 Å². The van der Waals surface area contributed by atoms with Crippen LogP contribution in [0.15, 0.2) is 60.7 Å². The summed E-state index contributed by atoms with van der Waals surface area (Å²) in [5, 5.41) is 10.5. The summed E-state index contributed by atoms with van der Waals surface area (Å²) in [6, 6.07) is 23.5. The van der Waals surface area contributed by atoms with Crippen molar-refractivity contribution in [1.29, 1.82) is 0 Å². The number of aryl methyl sites for hydroxylation is 1. The lowest BCUT2D eigenvalue weighted by Crippen LogP contribution is -1.96. The standard InChI is InChI=1S/C21H19O2/c1-3-15-14-18(16-10-6-4-7-11-16)19(21(23-2)20(15)22)17-12-8-5-9-13-17/h4-13,22H,3H2,1-2H3. The highest BCUT2D eigenvalue weighted by Crippen LogP contribution is 2.46. The van der Waals surface area contributed by atoms with E-state index in [1.54, 1.807) is 7.11 Å². The minimum atomic E-state index is 0.175. The summed E-state index contributed by atoms with van der Waals surface area (Å²) < 4.78 is 5.57. The first-order chi connectivity index (χ1) is 11.3. The lowest BCUT2D eigenvalue weighted by Gasteiger charge is -2.18. The smallest absolute Gasteiger partial charge is 0.169 e. The molecule has 1 N–H and O–H groups in total. The Kier molecular flexibility index (Phi) is 4.33. The van der Waals surface area contributed by atoms with Crippen molar-refractivity contribution < 1.29 is 9.84 Å². The van der Waals surface area contributed by atoms with Gasteiger partial charge in [0.1, 0.15) is 0 Å². The van der Waals surface area contributed by atoms with Crippen LogP contribution in [0.1, 0.15) is 12.5 Å². The van der Waals surface area contributed by atoms with Gasteiger partial charge in [-0.3, -0.25) is 0 Å². The Morgan fingerprint density at radius 2 is 1.48 bits per heavy atom. The Labute approximate surface area is 137 Å². The second-order valence-corrected chi connectivity index (χ2v) is 5.32. The number of hydrogen-bond donors (Lipinski definition) is 1. The lowest BCUT2D eigenvalue weighted by molar-refractivity contribution is 0.372. The Bertz CT molecular complexity index is 793. The van der Waals surface area contributed by atoms with Crippen LogP contribution in [0, 0.1) is 6.07 Å². The summed E-state index contributed by atoms with van der Waals surface area (Å²) in [6.45, 7) is 2.00. The topological polar surface area (TPSA) is 29.5 Å². The lowest BCUT2D eigenvalue weighted by atomic mass is 9.90. The van der Waals surface area contributed by atoms with Crippen molar-refractivity contribution in [2.75, 3.05) is 7.11 Å². The molecule has 0 heterocycles. The second kappa shape index (κ2) is 6.57. The molecule has 0 aliphatic rings. The number of rotatable bonds is 4. The number of aromatic hydroxyl groups is 1. The first kappa shape index (κ1) is 15.2. The molecule has 0 fully saturated rings. The summed E-state index contributed by atoms with van der Waals surface area (Å²) in [6.07, 6.45) is 0.692. The molecule has 0 saturated heterocycles. The van der Waals surface area contributed by atoms with E-state index in [9.17, 15) is 5.11 Å². The van der Waals surface area contributed by atoms with E-state index in [4.69, 9.17) is 4.74 Å². The van der Waals surface area contributed by atoms with Crippen molar-refractivity contribution in [2.24, 2.45) is 0 Å². The molecule has 2 nitrogen and oxygen atoms in total. The van der Waals surface area contributed by atoms with E-state index in [0.29, 0.717) is 12.2 Å². The molecule has 0 aliphatic heterocycles. The van der Waals surface area contributed by atoms with Gasteiger partial charge >= 0.3 is 0 Å². The summed E-state index contributed by atoms with van der Waals surface area (Å²) in [5.74, 6) is 0.680. The molecule has 0 saturated carbocycles. The Morgan fingerprint density at radius 3 is 2.00 bits per heavy atom.